The van der Waals surface area contributed by atoms with E-state index in [1.807, 2.05) is 0 Å². The Morgan fingerprint density at radius 3 is 2.18 bits per heavy atom. The van der Waals surface area contributed by atoms with E-state index in [1.54, 1.807) is 0 Å². The van der Waals surface area contributed by atoms with Crippen LogP contribution in [0.2, 0.25) is 0 Å². The van der Waals surface area contributed by atoms with Gasteiger partial charge >= 0.3 is 0 Å². The van der Waals surface area contributed by atoms with E-state index in [-0.39, 0.29) is 5.54 Å². The number of nitrogens with zero attached hydrogens (tertiary/aromatic N) is 2. The summed E-state index contributed by atoms with van der Waals surface area (Å²) in [5.41, 5.74) is 0.251. The van der Waals surface area contributed by atoms with Gasteiger partial charge in [0, 0.05) is 37.8 Å². The molecule has 17 heavy (non-hydrogen) atoms. The van der Waals surface area contributed by atoms with Crippen molar-refractivity contribution < 1.29 is 0 Å². The van der Waals surface area contributed by atoms with Crippen molar-refractivity contribution in [1.82, 2.24) is 15.1 Å². The van der Waals surface area contributed by atoms with Gasteiger partial charge in [0.25, 0.3) is 0 Å². The number of hydrogen-bond donors (Lipinski definition) is 1. The summed E-state index contributed by atoms with van der Waals surface area (Å²) in [5, 5.41) is 3.57. The fraction of sp³-hybridized carbons (Fsp3) is 1.00. The van der Waals surface area contributed by atoms with Crippen LogP contribution in [0.3, 0.4) is 0 Å². The molecular formula is C14H31N3. The van der Waals surface area contributed by atoms with Crippen LogP contribution < -0.4 is 5.32 Å². The van der Waals surface area contributed by atoms with Crippen molar-refractivity contribution in [2.75, 3.05) is 39.3 Å². The average molecular weight is 241 g/mol. The molecule has 0 spiro atoms. The van der Waals surface area contributed by atoms with Gasteiger partial charge in [-0.05, 0) is 47.2 Å². The number of nitrogens with one attached hydrogen (secondary N) is 1. The van der Waals surface area contributed by atoms with Gasteiger partial charge in [0.15, 0.2) is 0 Å². The van der Waals surface area contributed by atoms with Crippen LogP contribution >= 0.6 is 0 Å². The molecule has 1 unspecified atom stereocenters. The Kier molecular flexibility index (Phi) is 5.90. The minimum absolute atomic E-state index is 0.251. The van der Waals surface area contributed by atoms with Gasteiger partial charge in [-0.1, -0.05) is 6.92 Å². The molecule has 1 atom stereocenters. The van der Waals surface area contributed by atoms with Gasteiger partial charge in [-0.25, -0.2) is 0 Å². The van der Waals surface area contributed by atoms with Crippen LogP contribution in [0.5, 0.6) is 0 Å². The Morgan fingerprint density at radius 2 is 1.71 bits per heavy atom. The van der Waals surface area contributed by atoms with Crippen LogP contribution in [-0.4, -0.2) is 60.6 Å². The summed E-state index contributed by atoms with van der Waals surface area (Å²) in [4.78, 5) is 5.17. The van der Waals surface area contributed by atoms with Gasteiger partial charge in [-0.15, -0.1) is 0 Å². The van der Waals surface area contributed by atoms with Crippen molar-refractivity contribution in [2.24, 2.45) is 0 Å². The summed E-state index contributed by atoms with van der Waals surface area (Å²) in [6.07, 6.45) is 1.25. The third-order valence-electron chi connectivity index (χ3n) is 3.69. The van der Waals surface area contributed by atoms with Gasteiger partial charge in [0.1, 0.15) is 0 Å². The Morgan fingerprint density at radius 1 is 1.12 bits per heavy atom. The Balaban J connectivity index is 2.18. The summed E-state index contributed by atoms with van der Waals surface area (Å²) in [6.45, 7) is 18.6. The van der Waals surface area contributed by atoms with E-state index in [9.17, 15) is 0 Å². The molecule has 0 amide bonds. The van der Waals surface area contributed by atoms with Gasteiger partial charge < -0.3 is 10.2 Å². The minimum atomic E-state index is 0.251. The second-order valence-electron chi connectivity index (χ2n) is 6.28. The molecule has 3 heteroatoms. The molecule has 1 aliphatic rings. The van der Waals surface area contributed by atoms with E-state index in [2.05, 4.69) is 49.7 Å². The second-order valence-corrected chi connectivity index (χ2v) is 6.28. The van der Waals surface area contributed by atoms with Crippen molar-refractivity contribution in [3.63, 3.8) is 0 Å². The number of likely N-dealkylation sites (N-methyl/N-ethyl adjacent to an activating group) is 1. The van der Waals surface area contributed by atoms with Crippen molar-refractivity contribution in [2.45, 2.75) is 52.6 Å². The number of piperazine rings is 1. The van der Waals surface area contributed by atoms with Gasteiger partial charge in [0.05, 0.1) is 0 Å². The lowest BCUT2D eigenvalue weighted by atomic mass is 10.1. The molecule has 0 aromatic rings. The van der Waals surface area contributed by atoms with E-state index in [4.69, 9.17) is 0 Å². The Labute approximate surface area is 108 Å². The maximum absolute atomic E-state index is 3.57. The van der Waals surface area contributed by atoms with Crippen molar-refractivity contribution in [1.29, 1.82) is 0 Å². The monoisotopic (exact) mass is 241 g/mol. The molecule has 102 valence electrons. The van der Waals surface area contributed by atoms with Crippen molar-refractivity contribution in [3.05, 3.63) is 0 Å². The van der Waals surface area contributed by atoms with Crippen LogP contribution in [0, 0.1) is 0 Å². The molecule has 0 aromatic carbocycles. The predicted molar refractivity (Wildman–Crippen MR) is 75.5 cm³/mol. The number of rotatable bonds is 5. The first-order valence-electron chi connectivity index (χ1n) is 7.14. The molecule has 0 bridgehead atoms. The zero-order valence-electron chi connectivity index (χ0n) is 12.4. The van der Waals surface area contributed by atoms with Crippen LogP contribution in [-0.2, 0) is 0 Å². The maximum Gasteiger partial charge on any atom is 0.0113 e. The first-order chi connectivity index (χ1) is 7.92. The highest BCUT2D eigenvalue weighted by Crippen LogP contribution is 2.09. The third-order valence-corrected chi connectivity index (χ3v) is 3.69. The SMILES string of the molecule is CCN1CCN(C(C)CCNC(C)(C)C)CC1. The standard InChI is InChI=1S/C14H31N3/c1-6-16-9-11-17(12-10-16)13(2)7-8-15-14(3,4)5/h13,15H,6-12H2,1-5H3. The molecule has 1 rings (SSSR count). The van der Waals surface area contributed by atoms with Crippen LogP contribution in [0.4, 0.5) is 0 Å². The largest absolute Gasteiger partial charge is 0.312 e. The Hall–Kier alpha value is -0.120. The van der Waals surface area contributed by atoms with E-state index in [0.29, 0.717) is 6.04 Å². The van der Waals surface area contributed by atoms with Gasteiger partial charge in [-0.2, -0.15) is 0 Å². The summed E-state index contributed by atoms with van der Waals surface area (Å²) >= 11 is 0. The lowest BCUT2D eigenvalue weighted by molar-refractivity contribution is 0.101. The highest BCUT2D eigenvalue weighted by atomic mass is 15.3. The third kappa shape index (κ3) is 5.84. The fourth-order valence-corrected chi connectivity index (χ4v) is 2.36. The topological polar surface area (TPSA) is 18.5 Å². The molecule has 1 N–H and O–H groups in total. The van der Waals surface area contributed by atoms with E-state index in [0.717, 1.165) is 6.54 Å². The lowest BCUT2D eigenvalue weighted by Gasteiger charge is -2.38. The molecule has 0 aromatic heterocycles. The zero-order valence-corrected chi connectivity index (χ0v) is 12.4. The summed E-state index contributed by atoms with van der Waals surface area (Å²) < 4.78 is 0. The molecule has 1 saturated heterocycles. The molecule has 0 radical (unpaired) electrons. The maximum atomic E-state index is 3.57. The highest BCUT2D eigenvalue weighted by Gasteiger charge is 2.20. The molecular weight excluding hydrogens is 210 g/mol. The Bertz CT molecular complexity index is 202. The van der Waals surface area contributed by atoms with Crippen LogP contribution in [0.25, 0.3) is 0 Å². The first-order valence-corrected chi connectivity index (χ1v) is 7.14. The summed E-state index contributed by atoms with van der Waals surface area (Å²) in [7, 11) is 0. The molecule has 1 fully saturated rings. The lowest BCUT2D eigenvalue weighted by Crippen LogP contribution is -2.50. The normalized spacial score (nSPS) is 21.7. The first kappa shape index (κ1) is 14.9. The van der Waals surface area contributed by atoms with E-state index >= 15 is 0 Å². The molecule has 1 heterocycles. The predicted octanol–water partition coefficient (Wildman–Crippen LogP) is 1.79. The second kappa shape index (κ2) is 6.72. The quantitative estimate of drug-likeness (QED) is 0.792. The summed E-state index contributed by atoms with van der Waals surface area (Å²) in [5.74, 6) is 0. The van der Waals surface area contributed by atoms with E-state index < -0.39 is 0 Å². The van der Waals surface area contributed by atoms with Crippen LogP contribution in [0.1, 0.15) is 41.0 Å². The molecule has 1 aliphatic heterocycles. The minimum Gasteiger partial charge on any atom is -0.312 e. The molecule has 0 saturated carbocycles. The fourth-order valence-electron chi connectivity index (χ4n) is 2.36. The average Bonchev–Trinajstić information content (AvgIpc) is 2.27. The molecule has 0 aliphatic carbocycles. The summed E-state index contributed by atoms with van der Waals surface area (Å²) in [6, 6.07) is 0.712. The van der Waals surface area contributed by atoms with Crippen molar-refractivity contribution >= 4 is 0 Å². The molecule has 3 nitrogen and oxygen atoms in total. The number of hydrogen-bond acceptors (Lipinski definition) is 3. The van der Waals surface area contributed by atoms with E-state index in [1.165, 1.54) is 39.1 Å². The van der Waals surface area contributed by atoms with Gasteiger partial charge in [0.2, 0.25) is 0 Å². The van der Waals surface area contributed by atoms with Crippen molar-refractivity contribution in [3.8, 4) is 0 Å². The van der Waals surface area contributed by atoms with Crippen LogP contribution in [0.15, 0.2) is 0 Å². The zero-order chi connectivity index (χ0) is 12.9. The smallest absolute Gasteiger partial charge is 0.0113 e. The highest BCUT2D eigenvalue weighted by molar-refractivity contribution is 4.77. The van der Waals surface area contributed by atoms with Gasteiger partial charge in [-0.3, -0.25) is 4.90 Å².